The Balaban J connectivity index is 1.41. The lowest BCUT2D eigenvalue weighted by Crippen LogP contribution is -2.49. The van der Waals surface area contributed by atoms with E-state index in [1.807, 2.05) is 0 Å². The first-order chi connectivity index (χ1) is 9.15. The molecule has 0 aromatic rings. The first kappa shape index (κ1) is 12.6. The molecule has 0 amide bonds. The van der Waals surface area contributed by atoms with E-state index in [2.05, 4.69) is 11.8 Å². The van der Waals surface area contributed by atoms with Gasteiger partial charge in [-0.1, -0.05) is 6.92 Å². The Labute approximate surface area is 118 Å². The summed E-state index contributed by atoms with van der Waals surface area (Å²) >= 11 is 0. The lowest BCUT2D eigenvalue weighted by Gasteiger charge is -2.55. The van der Waals surface area contributed by atoms with Gasteiger partial charge in [-0.3, -0.25) is 0 Å². The molecule has 1 aliphatic heterocycles. The number of nitrogens with zero attached hydrogens (tertiary/aromatic N) is 1. The van der Waals surface area contributed by atoms with Gasteiger partial charge in [-0.05, 0) is 74.5 Å². The predicted octanol–water partition coefficient (Wildman–Crippen LogP) is 2.87. The van der Waals surface area contributed by atoms with Crippen LogP contribution in [0.2, 0.25) is 0 Å². The molecule has 1 heterocycles. The van der Waals surface area contributed by atoms with Crippen LogP contribution in [0.3, 0.4) is 0 Å². The molecule has 1 saturated heterocycles. The summed E-state index contributed by atoms with van der Waals surface area (Å²) in [5.74, 6) is 5.39. The number of nitrogens with two attached hydrogens (primary N) is 1. The Morgan fingerprint density at radius 3 is 2.21 bits per heavy atom. The van der Waals surface area contributed by atoms with E-state index < -0.39 is 0 Å². The van der Waals surface area contributed by atoms with Crippen molar-refractivity contribution in [1.82, 2.24) is 4.90 Å². The minimum atomic E-state index is 0.131. The maximum atomic E-state index is 6.46. The summed E-state index contributed by atoms with van der Waals surface area (Å²) < 4.78 is 0. The molecular formula is C17H30N2. The molecule has 0 aromatic carbocycles. The highest BCUT2D eigenvalue weighted by molar-refractivity contribution is 5.01. The Morgan fingerprint density at radius 1 is 1.05 bits per heavy atom. The highest BCUT2D eigenvalue weighted by Crippen LogP contribution is 2.56. The van der Waals surface area contributed by atoms with Crippen LogP contribution in [-0.2, 0) is 0 Å². The van der Waals surface area contributed by atoms with Gasteiger partial charge in [0.25, 0.3) is 0 Å². The zero-order chi connectivity index (χ0) is 13.0. The van der Waals surface area contributed by atoms with Crippen LogP contribution in [-0.4, -0.2) is 30.1 Å². The minimum Gasteiger partial charge on any atom is -0.324 e. The van der Waals surface area contributed by atoms with Crippen LogP contribution < -0.4 is 5.73 Å². The first-order valence-electron chi connectivity index (χ1n) is 8.66. The van der Waals surface area contributed by atoms with Gasteiger partial charge >= 0.3 is 0 Å². The zero-order valence-electron chi connectivity index (χ0n) is 12.5. The predicted molar refractivity (Wildman–Crippen MR) is 78.8 cm³/mol. The van der Waals surface area contributed by atoms with Crippen molar-refractivity contribution in [2.75, 3.05) is 19.6 Å². The van der Waals surface area contributed by atoms with Crippen molar-refractivity contribution in [2.24, 2.45) is 35.3 Å². The van der Waals surface area contributed by atoms with Crippen molar-refractivity contribution in [3.8, 4) is 0 Å². The molecule has 1 atom stereocenters. The second kappa shape index (κ2) is 4.46. The summed E-state index contributed by atoms with van der Waals surface area (Å²) in [6.45, 7) is 6.04. The van der Waals surface area contributed by atoms with E-state index in [9.17, 15) is 0 Å². The molecular weight excluding hydrogens is 232 g/mol. The number of likely N-dealkylation sites (tertiary alicyclic amines) is 1. The van der Waals surface area contributed by atoms with Crippen molar-refractivity contribution in [1.29, 1.82) is 0 Å². The topological polar surface area (TPSA) is 29.3 Å². The van der Waals surface area contributed by atoms with Crippen LogP contribution in [0.1, 0.15) is 51.9 Å². The Bertz CT molecular complexity index is 325. The van der Waals surface area contributed by atoms with E-state index >= 15 is 0 Å². The highest BCUT2D eigenvalue weighted by Gasteiger charge is 2.49. The Hall–Kier alpha value is -0.0800. The van der Waals surface area contributed by atoms with E-state index in [4.69, 9.17) is 5.73 Å². The largest absolute Gasteiger partial charge is 0.324 e. The third kappa shape index (κ3) is 2.15. The van der Waals surface area contributed by atoms with Gasteiger partial charge in [0.2, 0.25) is 0 Å². The fraction of sp³-hybridized carbons (Fsp3) is 1.00. The monoisotopic (exact) mass is 262 g/mol. The first-order valence-corrected chi connectivity index (χ1v) is 8.66. The van der Waals surface area contributed by atoms with Crippen LogP contribution in [0.4, 0.5) is 0 Å². The molecule has 2 heteroatoms. The number of rotatable bonds is 3. The third-order valence-electron chi connectivity index (χ3n) is 7.06. The Morgan fingerprint density at radius 2 is 1.68 bits per heavy atom. The van der Waals surface area contributed by atoms with E-state index in [0.29, 0.717) is 0 Å². The lowest BCUT2D eigenvalue weighted by atomic mass is 9.52. The van der Waals surface area contributed by atoms with E-state index in [1.165, 1.54) is 19.5 Å². The maximum absolute atomic E-state index is 6.46. The molecule has 4 saturated carbocycles. The summed E-state index contributed by atoms with van der Waals surface area (Å²) in [6.07, 6.45) is 10.2. The normalized spacial score (nSPS) is 53.1. The third-order valence-corrected chi connectivity index (χ3v) is 7.06. The van der Waals surface area contributed by atoms with Crippen molar-refractivity contribution >= 4 is 0 Å². The minimum absolute atomic E-state index is 0.131. The van der Waals surface area contributed by atoms with Crippen molar-refractivity contribution in [3.63, 3.8) is 0 Å². The van der Waals surface area contributed by atoms with E-state index in [1.54, 1.807) is 32.1 Å². The fourth-order valence-electron chi connectivity index (χ4n) is 6.06. The van der Waals surface area contributed by atoms with Gasteiger partial charge in [0.15, 0.2) is 0 Å². The number of hydrogen-bond acceptors (Lipinski definition) is 2. The quantitative estimate of drug-likeness (QED) is 0.847. The van der Waals surface area contributed by atoms with Crippen molar-refractivity contribution < 1.29 is 0 Å². The molecule has 2 nitrogen and oxygen atoms in total. The molecule has 0 spiro atoms. The van der Waals surface area contributed by atoms with Gasteiger partial charge in [-0.2, -0.15) is 0 Å². The van der Waals surface area contributed by atoms with Crippen LogP contribution in [0.5, 0.6) is 0 Å². The molecule has 5 rings (SSSR count). The van der Waals surface area contributed by atoms with Crippen LogP contribution in [0.15, 0.2) is 0 Å². The summed E-state index contributed by atoms with van der Waals surface area (Å²) in [5, 5.41) is 0. The Kier molecular flexibility index (Phi) is 2.97. The molecule has 1 unspecified atom stereocenters. The van der Waals surface area contributed by atoms with Gasteiger partial charge in [0.05, 0.1) is 0 Å². The van der Waals surface area contributed by atoms with Crippen LogP contribution in [0.25, 0.3) is 0 Å². The molecule has 0 aromatic heterocycles. The summed E-state index contributed by atoms with van der Waals surface area (Å²) in [7, 11) is 0. The molecule has 4 aliphatic carbocycles. The molecule has 108 valence electrons. The average Bonchev–Trinajstić information content (AvgIpc) is 2.76. The van der Waals surface area contributed by atoms with Gasteiger partial charge in [0.1, 0.15) is 0 Å². The lowest BCUT2D eigenvalue weighted by molar-refractivity contribution is -0.0473. The van der Waals surface area contributed by atoms with Crippen LogP contribution in [0, 0.1) is 29.6 Å². The standard InChI is InChI=1S/C17H30N2/c1-2-17(18)3-4-19(11-17)10-16-14-6-12-5-13(8-14)9-15(16)7-12/h12-16H,2-11,18H2,1H3. The zero-order valence-corrected chi connectivity index (χ0v) is 12.5. The molecule has 0 radical (unpaired) electrons. The van der Waals surface area contributed by atoms with Crippen LogP contribution >= 0.6 is 0 Å². The van der Waals surface area contributed by atoms with E-state index in [0.717, 1.165) is 42.6 Å². The second-order valence-corrected chi connectivity index (χ2v) is 8.30. The molecule has 5 aliphatic rings. The van der Waals surface area contributed by atoms with Gasteiger partial charge < -0.3 is 10.6 Å². The van der Waals surface area contributed by atoms with Gasteiger partial charge in [-0.15, -0.1) is 0 Å². The van der Waals surface area contributed by atoms with E-state index in [-0.39, 0.29) is 5.54 Å². The smallest absolute Gasteiger partial charge is 0.0293 e. The SMILES string of the molecule is CCC1(N)CCN(CC2C3CC4CC(C3)CC2C4)C1. The molecule has 4 bridgehead atoms. The maximum Gasteiger partial charge on any atom is 0.0293 e. The molecule has 19 heavy (non-hydrogen) atoms. The summed E-state index contributed by atoms with van der Waals surface area (Å²) in [4.78, 5) is 2.70. The summed E-state index contributed by atoms with van der Waals surface area (Å²) in [5.41, 5.74) is 6.59. The van der Waals surface area contributed by atoms with Gasteiger partial charge in [-0.25, -0.2) is 0 Å². The number of hydrogen-bond donors (Lipinski definition) is 1. The second-order valence-electron chi connectivity index (χ2n) is 8.30. The summed E-state index contributed by atoms with van der Waals surface area (Å²) in [6, 6.07) is 0. The highest BCUT2D eigenvalue weighted by atomic mass is 15.2. The molecule has 5 fully saturated rings. The fourth-order valence-corrected chi connectivity index (χ4v) is 6.06. The van der Waals surface area contributed by atoms with Crippen molar-refractivity contribution in [2.45, 2.75) is 57.4 Å². The average molecular weight is 262 g/mol. The van der Waals surface area contributed by atoms with Crippen molar-refractivity contribution in [3.05, 3.63) is 0 Å². The van der Waals surface area contributed by atoms with Gasteiger partial charge in [0, 0.05) is 25.2 Å². The molecule has 2 N–H and O–H groups in total.